The predicted octanol–water partition coefficient (Wildman–Crippen LogP) is 2.94. The van der Waals surface area contributed by atoms with Crippen LogP contribution in [0.1, 0.15) is 25.6 Å². The zero-order chi connectivity index (χ0) is 15.6. The van der Waals surface area contributed by atoms with E-state index in [-0.39, 0.29) is 10.4 Å². The smallest absolute Gasteiger partial charge is 0.350 e. The maximum Gasteiger partial charge on any atom is 0.350 e. The van der Waals surface area contributed by atoms with Crippen molar-refractivity contribution in [2.75, 3.05) is 12.4 Å². The molecule has 0 fully saturated rings. The minimum absolute atomic E-state index is 0.0854. The Morgan fingerprint density at radius 2 is 2.10 bits per heavy atom. The standard InChI is InChI=1S/C14H12FNO4S/c1-7-6-21-12(14(19)20-2)11(7)16-13(18)9-4-3-8(15)5-10(9)17/h3-6,17H,1-2H3,(H,16,18). The Balaban J connectivity index is 2.32. The van der Waals surface area contributed by atoms with E-state index in [1.165, 1.54) is 13.2 Å². The Morgan fingerprint density at radius 3 is 2.71 bits per heavy atom. The van der Waals surface area contributed by atoms with E-state index < -0.39 is 23.4 Å². The molecule has 0 unspecified atom stereocenters. The van der Waals surface area contributed by atoms with Crippen LogP contribution in [0.25, 0.3) is 0 Å². The molecule has 0 saturated heterocycles. The fourth-order valence-electron chi connectivity index (χ4n) is 1.72. The fourth-order valence-corrected chi connectivity index (χ4v) is 2.64. The van der Waals surface area contributed by atoms with Gasteiger partial charge >= 0.3 is 5.97 Å². The average molecular weight is 309 g/mol. The zero-order valence-corrected chi connectivity index (χ0v) is 12.1. The Kier molecular flexibility index (Phi) is 4.23. The number of carbonyl (C=O) groups is 2. The number of ether oxygens (including phenoxy) is 1. The number of halogens is 1. The molecule has 2 rings (SSSR count). The SMILES string of the molecule is COC(=O)c1scc(C)c1NC(=O)c1ccc(F)cc1O. The summed E-state index contributed by atoms with van der Waals surface area (Å²) in [7, 11) is 1.24. The highest BCUT2D eigenvalue weighted by Crippen LogP contribution is 2.29. The normalized spacial score (nSPS) is 10.2. The molecule has 0 aliphatic heterocycles. The third-order valence-electron chi connectivity index (χ3n) is 2.79. The molecular formula is C14H12FNO4S. The Labute approximate surface area is 124 Å². The summed E-state index contributed by atoms with van der Waals surface area (Å²) in [4.78, 5) is 24.0. The summed E-state index contributed by atoms with van der Waals surface area (Å²) in [5, 5.41) is 13.8. The summed E-state index contributed by atoms with van der Waals surface area (Å²) in [6, 6.07) is 3.08. The molecule has 0 radical (unpaired) electrons. The number of aryl methyl sites for hydroxylation is 1. The van der Waals surface area contributed by atoms with Crippen molar-refractivity contribution in [1.82, 2.24) is 0 Å². The number of thiophene rings is 1. The molecule has 5 nitrogen and oxygen atoms in total. The molecule has 1 heterocycles. The Morgan fingerprint density at radius 1 is 1.38 bits per heavy atom. The number of benzene rings is 1. The second kappa shape index (κ2) is 5.92. The van der Waals surface area contributed by atoms with Crippen molar-refractivity contribution in [2.45, 2.75) is 6.92 Å². The maximum atomic E-state index is 12.9. The second-order valence-corrected chi connectivity index (χ2v) is 5.11. The molecule has 110 valence electrons. The van der Waals surface area contributed by atoms with Crippen molar-refractivity contribution in [3.05, 3.63) is 45.4 Å². The Bertz CT molecular complexity index is 711. The van der Waals surface area contributed by atoms with Gasteiger partial charge in [-0.15, -0.1) is 11.3 Å². The van der Waals surface area contributed by atoms with Gasteiger partial charge in [-0.05, 0) is 30.0 Å². The average Bonchev–Trinajstić information content (AvgIpc) is 2.79. The molecule has 0 spiro atoms. The predicted molar refractivity (Wildman–Crippen MR) is 76.4 cm³/mol. The minimum atomic E-state index is -0.647. The van der Waals surface area contributed by atoms with Gasteiger partial charge in [0, 0.05) is 6.07 Å². The van der Waals surface area contributed by atoms with Crippen molar-refractivity contribution in [1.29, 1.82) is 0 Å². The van der Waals surface area contributed by atoms with Crippen LogP contribution in [0.2, 0.25) is 0 Å². The van der Waals surface area contributed by atoms with Crippen LogP contribution in [0.15, 0.2) is 23.6 Å². The molecule has 0 bridgehead atoms. The number of hydrogen-bond acceptors (Lipinski definition) is 5. The highest BCUT2D eigenvalue weighted by Gasteiger charge is 2.20. The Hall–Kier alpha value is -2.41. The van der Waals surface area contributed by atoms with Crippen molar-refractivity contribution < 1.29 is 23.8 Å². The van der Waals surface area contributed by atoms with Gasteiger partial charge in [0.25, 0.3) is 5.91 Å². The lowest BCUT2D eigenvalue weighted by Gasteiger charge is -2.08. The molecule has 1 amide bonds. The van der Waals surface area contributed by atoms with E-state index in [2.05, 4.69) is 10.1 Å². The number of hydrogen-bond donors (Lipinski definition) is 2. The van der Waals surface area contributed by atoms with Gasteiger partial charge in [-0.25, -0.2) is 9.18 Å². The van der Waals surface area contributed by atoms with E-state index in [4.69, 9.17) is 0 Å². The fraction of sp³-hybridized carbons (Fsp3) is 0.143. The first-order valence-electron chi connectivity index (χ1n) is 5.90. The summed E-state index contributed by atoms with van der Waals surface area (Å²) in [5.41, 5.74) is 0.925. The first-order valence-corrected chi connectivity index (χ1v) is 6.78. The molecule has 2 N–H and O–H groups in total. The van der Waals surface area contributed by atoms with E-state index in [0.29, 0.717) is 11.3 Å². The summed E-state index contributed by atoms with van der Waals surface area (Å²) in [5.74, 6) is -2.32. The summed E-state index contributed by atoms with van der Waals surface area (Å²) >= 11 is 1.14. The van der Waals surface area contributed by atoms with Gasteiger partial charge in [0.05, 0.1) is 18.4 Å². The molecule has 2 aromatic rings. The number of phenolic OH excluding ortho intramolecular Hbond substituents is 1. The molecular weight excluding hydrogens is 297 g/mol. The third kappa shape index (κ3) is 3.03. The van der Waals surface area contributed by atoms with Crippen LogP contribution in [-0.2, 0) is 4.74 Å². The summed E-state index contributed by atoms with van der Waals surface area (Å²) in [6.07, 6.45) is 0. The third-order valence-corrected chi connectivity index (χ3v) is 3.87. The van der Waals surface area contributed by atoms with Crippen LogP contribution in [0.5, 0.6) is 5.75 Å². The second-order valence-electron chi connectivity index (χ2n) is 4.23. The number of anilines is 1. The zero-order valence-electron chi connectivity index (χ0n) is 11.3. The molecule has 1 aromatic heterocycles. The van der Waals surface area contributed by atoms with Gasteiger partial charge in [-0.3, -0.25) is 4.79 Å². The lowest BCUT2D eigenvalue weighted by Crippen LogP contribution is -2.15. The van der Waals surface area contributed by atoms with Crippen molar-refractivity contribution in [3.8, 4) is 5.75 Å². The van der Waals surface area contributed by atoms with Crippen LogP contribution in [-0.4, -0.2) is 24.1 Å². The number of methoxy groups -OCH3 is 1. The topological polar surface area (TPSA) is 75.6 Å². The number of rotatable bonds is 3. The monoisotopic (exact) mass is 309 g/mol. The highest BCUT2D eigenvalue weighted by atomic mass is 32.1. The molecule has 0 aliphatic rings. The number of phenols is 1. The van der Waals surface area contributed by atoms with Gasteiger partial charge in [0.2, 0.25) is 0 Å². The van der Waals surface area contributed by atoms with Crippen LogP contribution in [0.3, 0.4) is 0 Å². The van der Waals surface area contributed by atoms with Crippen LogP contribution in [0, 0.1) is 12.7 Å². The van der Waals surface area contributed by atoms with E-state index in [0.717, 1.165) is 23.5 Å². The van der Waals surface area contributed by atoms with Crippen LogP contribution in [0.4, 0.5) is 10.1 Å². The van der Waals surface area contributed by atoms with Gasteiger partial charge < -0.3 is 15.2 Å². The van der Waals surface area contributed by atoms with E-state index in [1.807, 2.05) is 0 Å². The van der Waals surface area contributed by atoms with Gasteiger partial charge in [-0.1, -0.05) is 0 Å². The van der Waals surface area contributed by atoms with Crippen LogP contribution < -0.4 is 5.32 Å². The minimum Gasteiger partial charge on any atom is -0.507 e. The summed E-state index contributed by atoms with van der Waals surface area (Å²) < 4.78 is 17.6. The van der Waals surface area contributed by atoms with Gasteiger partial charge in [0.15, 0.2) is 0 Å². The number of esters is 1. The highest BCUT2D eigenvalue weighted by molar-refractivity contribution is 7.12. The molecule has 0 aliphatic carbocycles. The van der Waals surface area contributed by atoms with E-state index in [9.17, 15) is 19.1 Å². The van der Waals surface area contributed by atoms with Crippen LogP contribution >= 0.6 is 11.3 Å². The van der Waals surface area contributed by atoms with Crippen molar-refractivity contribution in [3.63, 3.8) is 0 Å². The lowest BCUT2D eigenvalue weighted by molar-refractivity contribution is 0.0607. The molecule has 7 heteroatoms. The summed E-state index contributed by atoms with van der Waals surface area (Å²) in [6.45, 7) is 1.73. The largest absolute Gasteiger partial charge is 0.507 e. The quantitative estimate of drug-likeness (QED) is 0.855. The lowest BCUT2D eigenvalue weighted by atomic mass is 10.1. The van der Waals surface area contributed by atoms with Gasteiger partial charge in [0.1, 0.15) is 16.4 Å². The number of nitrogens with one attached hydrogen (secondary N) is 1. The van der Waals surface area contributed by atoms with E-state index >= 15 is 0 Å². The first-order chi connectivity index (χ1) is 9.93. The van der Waals surface area contributed by atoms with E-state index in [1.54, 1.807) is 12.3 Å². The van der Waals surface area contributed by atoms with Crippen molar-refractivity contribution >= 4 is 28.9 Å². The molecule has 0 atom stereocenters. The molecule has 21 heavy (non-hydrogen) atoms. The number of carbonyl (C=O) groups excluding carboxylic acids is 2. The van der Waals surface area contributed by atoms with Gasteiger partial charge in [-0.2, -0.15) is 0 Å². The first kappa shape index (κ1) is 15.0. The maximum absolute atomic E-state index is 12.9. The molecule has 1 aromatic carbocycles. The molecule has 0 saturated carbocycles. The number of aromatic hydroxyl groups is 1. The number of amides is 1. The van der Waals surface area contributed by atoms with Crippen molar-refractivity contribution in [2.24, 2.45) is 0 Å².